The second kappa shape index (κ2) is 4.93. The maximum atomic E-state index is 13.5. The summed E-state index contributed by atoms with van der Waals surface area (Å²) in [6.07, 6.45) is 3.35. The summed E-state index contributed by atoms with van der Waals surface area (Å²) in [5, 5.41) is 2.84. The van der Waals surface area contributed by atoms with Crippen LogP contribution in [0.25, 0.3) is 0 Å². The highest BCUT2D eigenvalue weighted by Crippen LogP contribution is 2.47. The van der Waals surface area contributed by atoms with E-state index in [1.165, 1.54) is 6.07 Å². The molecule has 0 aromatic heterocycles. The van der Waals surface area contributed by atoms with Gasteiger partial charge >= 0.3 is 0 Å². The number of hydrogen-bond donors (Lipinski definition) is 2. The fourth-order valence-corrected chi connectivity index (χ4v) is 3.67. The third-order valence-corrected chi connectivity index (χ3v) is 4.69. The van der Waals surface area contributed by atoms with Gasteiger partial charge in [-0.25, -0.2) is 4.39 Å². The number of nitrogens with one attached hydrogen (secondary N) is 1. The van der Waals surface area contributed by atoms with Gasteiger partial charge in [0.05, 0.1) is 5.92 Å². The first-order valence-corrected chi connectivity index (χ1v) is 6.93. The highest BCUT2D eigenvalue weighted by atomic mass is 19.1. The SMILES string of the molecule is NC1C2CCC(C2)C1C(=O)NCc1ccccc1F. The lowest BCUT2D eigenvalue weighted by Gasteiger charge is -2.27. The predicted octanol–water partition coefficient (Wildman–Crippen LogP) is 1.82. The molecule has 0 saturated heterocycles. The normalized spacial score (nSPS) is 32.5. The Kier molecular flexibility index (Phi) is 3.27. The first-order chi connectivity index (χ1) is 9.16. The molecule has 4 atom stereocenters. The average Bonchev–Trinajstić information content (AvgIpc) is 2.98. The van der Waals surface area contributed by atoms with Crippen molar-refractivity contribution in [3.63, 3.8) is 0 Å². The standard InChI is InChI=1S/C15H19FN2O/c16-12-4-2-1-3-11(12)8-18-15(19)13-9-5-6-10(7-9)14(13)17/h1-4,9-10,13-14H,5-8,17H2,(H,18,19). The summed E-state index contributed by atoms with van der Waals surface area (Å²) in [6.45, 7) is 0.242. The van der Waals surface area contributed by atoms with Crippen molar-refractivity contribution >= 4 is 5.91 Å². The van der Waals surface area contributed by atoms with Crippen LogP contribution in [-0.4, -0.2) is 11.9 Å². The van der Waals surface area contributed by atoms with E-state index in [9.17, 15) is 9.18 Å². The van der Waals surface area contributed by atoms with Crippen LogP contribution in [0, 0.1) is 23.6 Å². The van der Waals surface area contributed by atoms with Gasteiger partial charge in [0, 0.05) is 18.2 Å². The summed E-state index contributed by atoms with van der Waals surface area (Å²) < 4.78 is 13.5. The molecule has 2 fully saturated rings. The van der Waals surface area contributed by atoms with Crippen molar-refractivity contribution in [1.29, 1.82) is 0 Å². The molecule has 0 radical (unpaired) electrons. The number of hydrogen-bond acceptors (Lipinski definition) is 2. The van der Waals surface area contributed by atoms with Crippen LogP contribution < -0.4 is 11.1 Å². The summed E-state index contributed by atoms with van der Waals surface area (Å²) in [5.74, 6) is 0.573. The predicted molar refractivity (Wildman–Crippen MR) is 70.5 cm³/mol. The van der Waals surface area contributed by atoms with E-state index in [2.05, 4.69) is 5.32 Å². The van der Waals surface area contributed by atoms with Gasteiger partial charge in [-0.1, -0.05) is 18.2 Å². The van der Waals surface area contributed by atoms with Crippen molar-refractivity contribution in [3.05, 3.63) is 35.6 Å². The monoisotopic (exact) mass is 262 g/mol. The van der Waals surface area contributed by atoms with Gasteiger partial charge in [0.15, 0.2) is 0 Å². The van der Waals surface area contributed by atoms with Crippen molar-refractivity contribution in [3.8, 4) is 0 Å². The van der Waals surface area contributed by atoms with Crippen molar-refractivity contribution in [2.75, 3.05) is 0 Å². The maximum absolute atomic E-state index is 13.5. The van der Waals surface area contributed by atoms with Gasteiger partial charge < -0.3 is 11.1 Å². The van der Waals surface area contributed by atoms with Gasteiger partial charge in [-0.2, -0.15) is 0 Å². The molecule has 19 heavy (non-hydrogen) atoms. The van der Waals surface area contributed by atoms with E-state index in [0.29, 0.717) is 17.4 Å². The number of carbonyl (C=O) groups excluding carboxylic acids is 1. The Morgan fingerprint density at radius 2 is 2.05 bits per heavy atom. The highest BCUT2D eigenvalue weighted by Gasteiger charge is 2.48. The molecule has 3 N–H and O–H groups in total. The van der Waals surface area contributed by atoms with Crippen molar-refractivity contribution in [1.82, 2.24) is 5.32 Å². The van der Waals surface area contributed by atoms with Crippen LogP contribution in [0.15, 0.2) is 24.3 Å². The lowest BCUT2D eigenvalue weighted by Crippen LogP contribution is -2.45. The van der Waals surface area contributed by atoms with Crippen LogP contribution >= 0.6 is 0 Å². The molecule has 1 aromatic carbocycles. The molecule has 1 amide bonds. The molecule has 102 valence electrons. The zero-order chi connectivity index (χ0) is 13.4. The van der Waals surface area contributed by atoms with Gasteiger partial charge in [-0.3, -0.25) is 4.79 Å². The van der Waals surface area contributed by atoms with E-state index in [1.807, 2.05) is 0 Å². The van der Waals surface area contributed by atoms with Gasteiger partial charge in [0.1, 0.15) is 5.82 Å². The smallest absolute Gasteiger partial charge is 0.225 e. The number of nitrogens with two attached hydrogens (primary N) is 1. The summed E-state index contributed by atoms with van der Waals surface area (Å²) in [4.78, 5) is 12.2. The van der Waals surface area contributed by atoms with Crippen LogP contribution in [0.2, 0.25) is 0 Å². The first kappa shape index (κ1) is 12.6. The molecule has 2 aliphatic rings. The van der Waals surface area contributed by atoms with E-state index < -0.39 is 0 Å². The highest BCUT2D eigenvalue weighted by molar-refractivity contribution is 5.80. The number of benzene rings is 1. The maximum Gasteiger partial charge on any atom is 0.225 e. The molecule has 4 heteroatoms. The summed E-state index contributed by atoms with van der Waals surface area (Å²) >= 11 is 0. The minimum Gasteiger partial charge on any atom is -0.352 e. The second-order valence-corrected chi connectivity index (χ2v) is 5.75. The quantitative estimate of drug-likeness (QED) is 0.873. The van der Waals surface area contributed by atoms with Gasteiger partial charge in [0.2, 0.25) is 5.91 Å². The second-order valence-electron chi connectivity index (χ2n) is 5.75. The number of fused-ring (bicyclic) bond motifs is 2. The summed E-state index contributed by atoms with van der Waals surface area (Å²) in [7, 11) is 0. The van der Waals surface area contributed by atoms with E-state index in [4.69, 9.17) is 5.73 Å². The van der Waals surface area contributed by atoms with Gasteiger partial charge in [-0.05, 0) is 37.2 Å². The summed E-state index contributed by atoms with van der Waals surface area (Å²) in [6, 6.07) is 6.50. The molecule has 1 aromatic rings. The zero-order valence-electron chi connectivity index (χ0n) is 10.8. The Morgan fingerprint density at radius 3 is 2.74 bits per heavy atom. The Bertz CT molecular complexity index is 489. The zero-order valence-corrected chi connectivity index (χ0v) is 10.8. The van der Waals surface area contributed by atoms with Crippen LogP contribution in [-0.2, 0) is 11.3 Å². The number of rotatable bonds is 3. The van der Waals surface area contributed by atoms with Crippen molar-refractivity contribution in [2.45, 2.75) is 31.8 Å². The minimum atomic E-state index is -0.278. The topological polar surface area (TPSA) is 55.1 Å². The van der Waals surface area contributed by atoms with E-state index in [-0.39, 0.29) is 30.2 Å². The fraction of sp³-hybridized carbons (Fsp3) is 0.533. The number of amides is 1. The Balaban J connectivity index is 1.62. The molecule has 2 aliphatic carbocycles. The summed E-state index contributed by atoms with van der Waals surface area (Å²) in [5.41, 5.74) is 6.65. The Morgan fingerprint density at radius 1 is 1.32 bits per heavy atom. The largest absolute Gasteiger partial charge is 0.352 e. The number of carbonyl (C=O) groups is 1. The van der Waals surface area contributed by atoms with E-state index in [0.717, 1.165) is 19.3 Å². The average molecular weight is 262 g/mol. The van der Waals surface area contributed by atoms with Gasteiger partial charge in [-0.15, -0.1) is 0 Å². The van der Waals surface area contributed by atoms with Gasteiger partial charge in [0.25, 0.3) is 0 Å². The van der Waals surface area contributed by atoms with Crippen LogP contribution in [0.4, 0.5) is 4.39 Å². The molecular weight excluding hydrogens is 243 g/mol. The lowest BCUT2D eigenvalue weighted by atomic mass is 9.84. The van der Waals surface area contributed by atoms with Crippen LogP contribution in [0.3, 0.4) is 0 Å². The molecule has 2 bridgehead atoms. The van der Waals surface area contributed by atoms with Crippen LogP contribution in [0.1, 0.15) is 24.8 Å². The fourth-order valence-electron chi connectivity index (χ4n) is 3.67. The molecule has 4 unspecified atom stereocenters. The Hall–Kier alpha value is -1.42. The van der Waals surface area contributed by atoms with E-state index >= 15 is 0 Å². The molecule has 0 aliphatic heterocycles. The number of halogens is 1. The molecule has 3 rings (SSSR count). The Labute approximate surface area is 112 Å². The lowest BCUT2D eigenvalue weighted by molar-refractivity contribution is -0.127. The van der Waals surface area contributed by atoms with Crippen LogP contribution in [0.5, 0.6) is 0 Å². The van der Waals surface area contributed by atoms with E-state index in [1.54, 1.807) is 18.2 Å². The molecule has 0 spiro atoms. The van der Waals surface area contributed by atoms with Crippen molar-refractivity contribution < 1.29 is 9.18 Å². The molecule has 2 saturated carbocycles. The third kappa shape index (κ3) is 2.25. The molecular formula is C15H19FN2O. The molecule has 0 heterocycles. The van der Waals surface area contributed by atoms with Crippen molar-refractivity contribution in [2.24, 2.45) is 23.5 Å². The first-order valence-electron chi connectivity index (χ1n) is 6.93. The molecule has 3 nitrogen and oxygen atoms in total. The third-order valence-electron chi connectivity index (χ3n) is 4.69. The minimum absolute atomic E-state index is 0.0112.